The van der Waals surface area contributed by atoms with Gasteiger partial charge in [0.05, 0.1) is 0 Å². The Bertz CT molecular complexity index is 659. The van der Waals surface area contributed by atoms with E-state index in [1.807, 2.05) is 30.3 Å². The molecule has 142 valence electrons. The summed E-state index contributed by atoms with van der Waals surface area (Å²) in [5.41, 5.74) is 0.328. The third kappa shape index (κ3) is 6.09. The van der Waals surface area contributed by atoms with Crippen molar-refractivity contribution >= 4 is 12.0 Å². The first kappa shape index (κ1) is 19.8. The molecule has 26 heavy (non-hydrogen) atoms. The quantitative estimate of drug-likeness (QED) is 0.755. The van der Waals surface area contributed by atoms with Gasteiger partial charge in [-0.05, 0) is 24.8 Å². The largest absolute Gasteiger partial charge is 0.481 e. The number of carbonyl (C=O) groups excluding carboxylic acids is 1. The highest BCUT2D eigenvalue weighted by atomic mass is 19.4. The highest BCUT2D eigenvalue weighted by Crippen LogP contribution is 2.30. The number of hydrogen-bond donors (Lipinski definition) is 2. The summed E-state index contributed by atoms with van der Waals surface area (Å²) < 4.78 is 38.0. The number of hydrogen-bond acceptors (Lipinski definition) is 2. The van der Waals surface area contributed by atoms with Crippen molar-refractivity contribution in [3.8, 4) is 0 Å². The van der Waals surface area contributed by atoms with Crippen LogP contribution in [0.2, 0.25) is 0 Å². The summed E-state index contributed by atoms with van der Waals surface area (Å²) >= 11 is 0. The van der Waals surface area contributed by atoms with E-state index in [1.165, 1.54) is 4.90 Å². The Kier molecular flexibility index (Phi) is 6.65. The van der Waals surface area contributed by atoms with Crippen molar-refractivity contribution in [2.24, 2.45) is 0 Å². The van der Waals surface area contributed by atoms with Crippen LogP contribution in [-0.4, -0.2) is 47.3 Å². The predicted octanol–water partition coefficient (Wildman–Crippen LogP) is 3.37. The first-order valence-electron chi connectivity index (χ1n) is 8.33. The molecule has 0 aromatic heterocycles. The Labute approximate surface area is 149 Å². The van der Waals surface area contributed by atoms with Crippen LogP contribution in [0, 0.1) is 0 Å². The van der Waals surface area contributed by atoms with Gasteiger partial charge in [-0.3, -0.25) is 4.79 Å². The molecule has 1 heterocycles. The Morgan fingerprint density at radius 1 is 1.23 bits per heavy atom. The number of carboxylic acid groups (broad SMARTS) is 1. The van der Waals surface area contributed by atoms with E-state index in [-0.39, 0.29) is 32.4 Å². The van der Waals surface area contributed by atoms with Crippen molar-refractivity contribution < 1.29 is 27.9 Å². The minimum atomic E-state index is -4.36. The monoisotopic (exact) mass is 370 g/mol. The van der Waals surface area contributed by atoms with E-state index < -0.39 is 29.8 Å². The molecule has 0 spiro atoms. The average molecular weight is 370 g/mol. The number of benzene rings is 1. The van der Waals surface area contributed by atoms with Crippen LogP contribution < -0.4 is 5.32 Å². The number of nitrogens with one attached hydrogen (secondary N) is 1. The molecule has 8 heteroatoms. The van der Waals surface area contributed by atoms with Crippen LogP contribution in [0.15, 0.2) is 42.0 Å². The summed E-state index contributed by atoms with van der Waals surface area (Å²) in [7, 11) is 0. The molecular formula is C18H21F3N2O3. The molecule has 2 rings (SSSR count). The molecule has 1 aliphatic rings. The molecule has 2 amide bonds. The number of rotatable bonds is 6. The zero-order valence-electron chi connectivity index (χ0n) is 14.1. The number of alkyl halides is 3. The molecule has 1 aromatic carbocycles. The molecule has 1 atom stereocenters. The maximum atomic E-state index is 12.7. The number of aliphatic carboxylic acids is 1. The van der Waals surface area contributed by atoms with Crippen LogP contribution in [0.25, 0.3) is 0 Å². The second kappa shape index (κ2) is 8.73. The lowest BCUT2D eigenvalue weighted by Crippen LogP contribution is -2.47. The van der Waals surface area contributed by atoms with Gasteiger partial charge in [-0.25, -0.2) is 4.79 Å². The Morgan fingerprint density at radius 2 is 1.92 bits per heavy atom. The fourth-order valence-corrected chi connectivity index (χ4v) is 2.80. The summed E-state index contributed by atoms with van der Waals surface area (Å²) in [6.07, 6.45) is -2.98. The summed E-state index contributed by atoms with van der Waals surface area (Å²) in [5, 5.41) is 11.6. The number of amides is 2. The zero-order chi connectivity index (χ0) is 19.2. The Hall–Kier alpha value is -2.51. The van der Waals surface area contributed by atoms with Gasteiger partial charge in [-0.15, -0.1) is 0 Å². The second-order valence-corrected chi connectivity index (χ2v) is 6.19. The molecule has 0 saturated heterocycles. The lowest BCUT2D eigenvalue weighted by atomic mass is 10.0. The molecule has 0 fully saturated rings. The van der Waals surface area contributed by atoms with E-state index in [0.29, 0.717) is 6.42 Å². The van der Waals surface area contributed by atoms with Crippen LogP contribution in [0.4, 0.5) is 18.0 Å². The van der Waals surface area contributed by atoms with Gasteiger partial charge in [-0.2, -0.15) is 13.2 Å². The minimum Gasteiger partial charge on any atom is -0.481 e. The molecule has 1 aromatic rings. The van der Waals surface area contributed by atoms with Crippen LogP contribution in [-0.2, 0) is 11.2 Å². The molecule has 0 saturated carbocycles. The van der Waals surface area contributed by atoms with Gasteiger partial charge in [0.1, 0.15) is 0 Å². The molecule has 1 aliphatic heterocycles. The summed E-state index contributed by atoms with van der Waals surface area (Å²) in [4.78, 5) is 24.5. The van der Waals surface area contributed by atoms with E-state index in [0.717, 1.165) is 11.6 Å². The van der Waals surface area contributed by atoms with Crippen molar-refractivity contribution in [1.29, 1.82) is 0 Å². The van der Waals surface area contributed by atoms with Crippen molar-refractivity contribution in [2.75, 3.05) is 13.1 Å². The van der Waals surface area contributed by atoms with Crippen LogP contribution in [0.3, 0.4) is 0 Å². The molecule has 1 unspecified atom stereocenters. The number of nitrogens with zero attached hydrogens (tertiary/aromatic N) is 1. The maximum Gasteiger partial charge on any atom is 0.412 e. The second-order valence-electron chi connectivity index (χ2n) is 6.19. The Morgan fingerprint density at radius 3 is 2.46 bits per heavy atom. The van der Waals surface area contributed by atoms with Gasteiger partial charge >= 0.3 is 18.2 Å². The van der Waals surface area contributed by atoms with Crippen LogP contribution in [0.5, 0.6) is 0 Å². The van der Waals surface area contributed by atoms with Crippen LogP contribution >= 0.6 is 0 Å². The lowest BCUT2D eigenvalue weighted by Gasteiger charge is -2.29. The molecule has 0 aliphatic carbocycles. The predicted molar refractivity (Wildman–Crippen MR) is 89.7 cm³/mol. The smallest absolute Gasteiger partial charge is 0.412 e. The van der Waals surface area contributed by atoms with Gasteiger partial charge in [0.15, 0.2) is 0 Å². The topological polar surface area (TPSA) is 69.6 Å². The molecule has 5 nitrogen and oxygen atoms in total. The van der Waals surface area contributed by atoms with E-state index >= 15 is 0 Å². The van der Waals surface area contributed by atoms with Gasteiger partial charge in [-0.1, -0.05) is 36.4 Å². The fraction of sp³-hybridized carbons (Fsp3) is 0.444. The van der Waals surface area contributed by atoms with Gasteiger partial charge in [0.2, 0.25) is 0 Å². The van der Waals surface area contributed by atoms with Gasteiger partial charge in [0.25, 0.3) is 0 Å². The standard InChI is InChI=1S/C18H21F3N2O3/c19-18(20,21)14-8-10-23(11-9-14)17(26)22-15(6-7-16(24)25)12-13-4-2-1-3-5-13/h1-5,8,15H,6-7,9-12H2,(H,22,26)(H,24,25). The molecule has 2 N–H and O–H groups in total. The molecular weight excluding hydrogens is 349 g/mol. The normalized spacial score (nSPS) is 16.0. The third-order valence-electron chi connectivity index (χ3n) is 4.22. The van der Waals surface area contributed by atoms with Crippen molar-refractivity contribution in [3.63, 3.8) is 0 Å². The highest BCUT2D eigenvalue weighted by molar-refractivity contribution is 5.75. The summed E-state index contributed by atoms with van der Waals surface area (Å²) in [5.74, 6) is -0.965. The van der Waals surface area contributed by atoms with Crippen molar-refractivity contribution in [1.82, 2.24) is 10.2 Å². The molecule has 0 bridgehead atoms. The van der Waals surface area contributed by atoms with E-state index in [1.54, 1.807) is 0 Å². The average Bonchev–Trinajstić information content (AvgIpc) is 2.60. The fourth-order valence-electron chi connectivity index (χ4n) is 2.80. The van der Waals surface area contributed by atoms with Crippen molar-refractivity contribution in [2.45, 2.75) is 37.9 Å². The lowest BCUT2D eigenvalue weighted by molar-refractivity contribution is -0.137. The van der Waals surface area contributed by atoms with Crippen LogP contribution in [0.1, 0.15) is 24.8 Å². The van der Waals surface area contributed by atoms with Gasteiger partial charge in [0, 0.05) is 31.1 Å². The highest BCUT2D eigenvalue weighted by Gasteiger charge is 2.35. The third-order valence-corrected chi connectivity index (χ3v) is 4.22. The van der Waals surface area contributed by atoms with Gasteiger partial charge < -0.3 is 15.3 Å². The zero-order valence-corrected chi connectivity index (χ0v) is 14.1. The maximum absolute atomic E-state index is 12.7. The van der Waals surface area contributed by atoms with E-state index in [9.17, 15) is 22.8 Å². The van der Waals surface area contributed by atoms with E-state index in [4.69, 9.17) is 5.11 Å². The minimum absolute atomic E-state index is 0.0197. The number of urea groups is 1. The SMILES string of the molecule is O=C(O)CCC(Cc1ccccc1)NC(=O)N1CC=C(C(F)(F)F)CC1. The first-order chi connectivity index (χ1) is 12.3. The Balaban J connectivity index is 1.97. The van der Waals surface area contributed by atoms with E-state index in [2.05, 4.69) is 5.32 Å². The summed E-state index contributed by atoms with van der Waals surface area (Å²) in [6.45, 7) is -0.133. The first-order valence-corrected chi connectivity index (χ1v) is 8.33. The number of carbonyl (C=O) groups is 2. The molecule has 0 radical (unpaired) electrons. The summed E-state index contributed by atoms with van der Waals surface area (Å²) in [6, 6.07) is 8.41. The number of halogens is 3. The van der Waals surface area contributed by atoms with Crippen molar-refractivity contribution in [3.05, 3.63) is 47.5 Å². The number of carboxylic acids is 1.